The number of nitrogens with zero attached hydrogens (tertiary/aromatic N) is 6. The summed E-state index contributed by atoms with van der Waals surface area (Å²) in [7, 11) is 4.23. The average molecular weight is 492 g/mol. The van der Waals surface area contributed by atoms with Crippen LogP contribution in [0.5, 0.6) is 0 Å². The van der Waals surface area contributed by atoms with E-state index in [2.05, 4.69) is 91.4 Å². The normalized spacial score (nSPS) is 14.8. The SMILES string of the molecule is CN1CCN(c2ccc3nc(-c4n[nH]c5cc(NCc6nc7ccccc7n6C)ccc45)[nH]c3c2)CC1. The maximum absolute atomic E-state index is 4.84. The number of rotatable bonds is 5. The lowest BCUT2D eigenvalue weighted by Crippen LogP contribution is -2.44. The van der Waals surface area contributed by atoms with Gasteiger partial charge in [0.25, 0.3) is 0 Å². The first-order valence-corrected chi connectivity index (χ1v) is 12.7. The number of nitrogens with one attached hydrogen (secondary N) is 3. The van der Waals surface area contributed by atoms with Gasteiger partial charge in [-0.05, 0) is 55.6 Å². The van der Waals surface area contributed by atoms with E-state index in [1.807, 2.05) is 18.2 Å². The number of fused-ring (bicyclic) bond motifs is 3. The Morgan fingerprint density at radius 3 is 2.59 bits per heavy atom. The Labute approximate surface area is 214 Å². The number of likely N-dealkylation sites (N-methyl/N-ethyl adjacent to an activating group) is 1. The van der Waals surface area contributed by atoms with Gasteiger partial charge >= 0.3 is 0 Å². The zero-order valence-corrected chi connectivity index (χ0v) is 21.0. The second-order valence-corrected chi connectivity index (χ2v) is 9.84. The van der Waals surface area contributed by atoms with Crippen molar-refractivity contribution in [2.24, 2.45) is 7.05 Å². The van der Waals surface area contributed by atoms with Gasteiger partial charge in [-0.2, -0.15) is 5.10 Å². The molecule has 0 radical (unpaired) electrons. The Kier molecular flexibility index (Phi) is 5.10. The summed E-state index contributed by atoms with van der Waals surface area (Å²) in [5.41, 5.74) is 8.16. The van der Waals surface area contributed by atoms with Crippen LogP contribution in [0.2, 0.25) is 0 Å². The predicted octanol–water partition coefficient (Wildman–Crippen LogP) is 4.36. The van der Waals surface area contributed by atoms with Gasteiger partial charge in [0.2, 0.25) is 0 Å². The number of aromatic amines is 2. The minimum atomic E-state index is 0.636. The fraction of sp³-hybridized carbons (Fsp3) is 0.250. The topological polar surface area (TPSA) is 93.7 Å². The molecule has 0 amide bonds. The highest BCUT2D eigenvalue weighted by Crippen LogP contribution is 2.30. The molecule has 186 valence electrons. The van der Waals surface area contributed by atoms with Crippen LogP contribution in [0.25, 0.3) is 44.5 Å². The van der Waals surface area contributed by atoms with Crippen molar-refractivity contribution in [2.45, 2.75) is 6.54 Å². The molecular formula is C28H29N9. The van der Waals surface area contributed by atoms with Gasteiger partial charge in [-0.1, -0.05) is 12.1 Å². The molecule has 3 N–H and O–H groups in total. The summed E-state index contributed by atoms with van der Waals surface area (Å²) < 4.78 is 2.13. The number of imidazole rings is 2. The lowest BCUT2D eigenvalue weighted by molar-refractivity contribution is 0.313. The second-order valence-electron chi connectivity index (χ2n) is 9.84. The fourth-order valence-corrected chi connectivity index (χ4v) is 5.22. The van der Waals surface area contributed by atoms with Crippen molar-refractivity contribution >= 4 is 44.3 Å². The van der Waals surface area contributed by atoms with Gasteiger partial charge in [-0.25, -0.2) is 9.97 Å². The Balaban J connectivity index is 1.13. The van der Waals surface area contributed by atoms with Gasteiger partial charge < -0.3 is 24.7 Å². The quantitative estimate of drug-likeness (QED) is 0.332. The number of H-pyrrole nitrogens is 2. The summed E-state index contributed by atoms with van der Waals surface area (Å²) >= 11 is 0. The Morgan fingerprint density at radius 1 is 0.865 bits per heavy atom. The van der Waals surface area contributed by atoms with E-state index in [4.69, 9.17) is 9.97 Å². The summed E-state index contributed by atoms with van der Waals surface area (Å²) in [5, 5.41) is 12.3. The smallest absolute Gasteiger partial charge is 0.159 e. The maximum Gasteiger partial charge on any atom is 0.159 e. The van der Waals surface area contributed by atoms with E-state index in [0.717, 1.165) is 82.2 Å². The molecule has 9 heteroatoms. The molecule has 1 saturated heterocycles. The van der Waals surface area contributed by atoms with Gasteiger partial charge in [0, 0.05) is 50.0 Å². The van der Waals surface area contributed by atoms with Crippen LogP contribution < -0.4 is 10.2 Å². The lowest BCUT2D eigenvalue weighted by Gasteiger charge is -2.34. The molecule has 1 fully saturated rings. The van der Waals surface area contributed by atoms with Crippen LogP contribution in [0, 0.1) is 0 Å². The number of hydrogen-bond acceptors (Lipinski definition) is 6. The lowest BCUT2D eigenvalue weighted by atomic mass is 10.2. The number of piperazine rings is 1. The molecule has 0 unspecified atom stereocenters. The number of para-hydroxylation sites is 2. The average Bonchev–Trinajstić information content (AvgIpc) is 3.62. The number of hydrogen-bond donors (Lipinski definition) is 3. The van der Waals surface area contributed by atoms with Crippen LogP contribution in [0.4, 0.5) is 11.4 Å². The van der Waals surface area contributed by atoms with E-state index in [0.29, 0.717) is 6.54 Å². The van der Waals surface area contributed by atoms with Gasteiger partial charge in [0.1, 0.15) is 11.5 Å². The Hall–Kier alpha value is -4.37. The molecule has 0 bridgehead atoms. The number of aryl methyl sites for hydroxylation is 1. The fourth-order valence-electron chi connectivity index (χ4n) is 5.22. The molecule has 0 atom stereocenters. The summed E-state index contributed by atoms with van der Waals surface area (Å²) in [6.07, 6.45) is 0. The summed E-state index contributed by atoms with van der Waals surface area (Å²) in [5.74, 6) is 1.77. The van der Waals surface area contributed by atoms with Crippen LogP contribution in [-0.2, 0) is 13.6 Å². The molecule has 4 heterocycles. The van der Waals surface area contributed by atoms with E-state index in [1.165, 1.54) is 5.69 Å². The van der Waals surface area contributed by atoms with Crippen molar-refractivity contribution in [3.8, 4) is 11.5 Å². The molecule has 7 rings (SSSR count). The molecule has 3 aromatic heterocycles. The van der Waals surface area contributed by atoms with Crippen LogP contribution in [0.15, 0.2) is 60.7 Å². The second kappa shape index (κ2) is 8.63. The highest BCUT2D eigenvalue weighted by atomic mass is 15.2. The molecule has 1 aliphatic heterocycles. The highest BCUT2D eigenvalue weighted by Gasteiger charge is 2.17. The van der Waals surface area contributed by atoms with Crippen molar-refractivity contribution in [2.75, 3.05) is 43.4 Å². The molecule has 0 saturated carbocycles. The molecule has 0 aliphatic carbocycles. The summed E-state index contributed by atoms with van der Waals surface area (Å²) in [6, 6.07) is 20.9. The summed E-state index contributed by atoms with van der Waals surface area (Å²) in [6.45, 7) is 4.89. The minimum Gasteiger partial charge on any atom is -0.378 e. The molecule has 0 spiro atoms. The van der Waals surface area contributed by atoms with Crippen molar-refractivity contribution in [1.82, 2.24) is 34.6 Å². The van der Waals surface area contributed by atoms with Crippen molar-refractivity contribution in [3.05, 3.63) is 66.5 Å². The molecular weight excluding hydrogens is 462 g/mol. The Morgan fingerprint density at radius 2 is 1.73 bits per heavy atom. The largest absolute Gasteiger partial charge is 0.378 e. The van der Waals surface area contributed by atoms with Gasteiger partial charge in [-0.15, -0.1) is 0 Å². The molecule has 1 aliphatic rings. The van der Waals surface area contributed by atoms with E-state index in [9.17, 15) is 0 Å². The van der Waals surface area contributed by atoms with E-state index >= 15 is 0 Å². The first-order valence-electron chi connectivity index (χ1n) is 12.7. The molecule has 9 nitrogen and oxygen atoms in total. The van der Waals surface area contributed by atoms with E-state index < -0.39 is 0 Å². The Bertz CT molecular complexity index is 1730. The third-order valence-corrected chi connectivity index (χ3v) is 7.45. The predicted molar refractivity (Wildman–Crippen MR) is 149 cm³/mol. The van der Waals surface area contributed by atoms with E-state index in [-0.39, 0.29) is 0 Å². The summed E-state index contributed by atoms with van der Waals surface area (Å²) in [4.78, 5) is 17.9. The number of anilines is 2. The van der Waals surface area contributed by atoms with Crippen LogP contribution in [0.1, 0.15) is 5.82 Å². The minimum absolute atomic E-state index is 0.636. The third-order valence-electron chi connectivity index (χ3n) is 7.45. The molecule has 37 heavy (non-hydrogen) atoms. The third kappa shape index (κ3) is 3.88. The van der Waals surface area contributed by atoms with Gasteiger partial charge in [-0.3, -0.25) is 5.10 Å². The zero-order chi connectivity index (χ0) is 24.9. The first-order chi connectivity index (χ1) is 18.1. The van der Waals surface area contributed by atoms with Gasteiger partial charge in [0.15, 0.2) is 5.82 Å². The monoisotopic (exact) mass is 491 g/mol. The number of aromatic nitrogens is 6. The highest BCUT2D eigenvalue weighted by molar-refractivity contribution is 5.95. The van der Waals surface area contributed by atoms with Crippen LogP contribution in [-0.4, -0.2) is 67.8 Å². The standard InChI is InChI=1S/C28H29N9/c1-35-11-13-37(14-12-35)19-8-10-21-24(16-19)32-28(31-21)27-20-9-7-18(15-23(20)33-34-27)29-17-26-30-22-5-3-4-6-25(22)36(26)2/h3-10,15-16,29H,11-14,17H2,1-2H3,(H,31,32)(H,33,34). The first kappa shape index (κ1) is 21.9. The van der Waals surface area contributed by atoms with Crippen LogP contribution >= 0.6 is 0 Å². The van der Waals surface area contributed by atoms with Crippen molar-refractivity contribution < 1.29 is 0 Å². The molecule has 3 aromatic carbocycles. The number of benzene rings is 3. The van der Waals surface area contributed by atoms with Crippen LogP contribution in [0.3, 0.4) is 0 Å². The van der Waals surface area contributed by atoms with Gasteiger partial charge in [0.05, 0.1) is 34.1 Å². The maximum atomic E-state index is 4.84. The van der Waals surface area contributed by atoms with Crippen molar-refractivity contribution in [3.63, 3.8) is 0 Å². The van der Waals surface area contributed by atoms with E-state index in [1.54, 1.807) is 0 Å². The molecule has 6 aromatic rings. The van der Waals surface area contributed by atoms with Crippen molar-refractivity contribution in [1.29, 1.82) is 0 Å². The zero-order valence-electron chi connectivity index (χ0n) is 21.0.